The van der Waals surface area contributed by atoms with Crippen molar-refractivity contribution in [2.45, 2.75) is 11.3 Å². The molecular weight excluding hydrogens is 483 g/mol. The van der Waals surface area contributed by atoms with Crippen molar-refractivity contribution in [3.8, 4) is 11.5 Å². The molecule has 0 saturated carbocycles. The summed E-state index contributed by atoms with van der Waals surface area (Å²) in [6.45, 7) is 0. The lowest BCUT2D eigenvalue weighted by atomic mass is 10.1. The summed E-state index contributed by atoms with van der Waals surface area (Å²) in [5, 5.41) is 6.66. The number of hydrogen-bond donors (Lipinski definition) is 2. The highest BCUT2D eigenvalue weighted by Crippen LogP contribution is 2.36. The van der Waals surface area contributed by atoms with Crippen LogP contribution in [0.4, 0.5) is 11.4 Å². The number of carbonyl (C=O) groups excluding carboxylic acids is 2. The average Bonchev–Trinajstić information content (AvgIpc) is 2.80. The van der Waals surface area contributed by atoms with Crippen LogP contribution in [0.2, 0.25) is 10.0 Å². The summed E-state index contributed by atoms with van der Waals surface area (Å²) in [6, 6.07) is 17.6. The molecule has 0 saturated heterocycles. The Balaban J connectivity index is 1.51. The Morgan fingerprint density at radius 2 is 1.52 bits per heavy atom. The third-order valence-corrected chi connectivity index (χ3v) is 6.09. The van der Waals surface area contributed by atoms with Crippen molar-refractivity contribution in [1.29, 1.82) is 0 Å². The second kappa shape index (κ2) is 11.8. The number of halogens is 2. The van der Waals surface area contributed by atoms with Crippen LogP contribution < -0.4 is 20.1 Å². The van der Waals surface area contributed by atoms with Crippen LogP contribution in [0.25, 0.3) is 0 Å². The largest absolute Gasteiger partial charge is 0.495 e. The molecule has 0 aliphatic heterocycles. The van der Waals surface area contributed by atoms with Gasteiger partial charge in [-0.05, 0) is 48.0 Å². The fourth-order valence-corrected chi connectivity index (χ4v) is 3.99. The van der Waals surface area contributed by atoms with Gasteiger partial charge in [-0.3, -0.25) is 9.59 Å². The molecule has 0 aliphatic rings. The maximum Gasteiger partial charge on any atom is 0.234 e. The zero-order valence-electron chi connectivity index (χ0n) is 18.0. The van der Waals surface area contributed by atoms with Gasteiger partial charge in [0.15, 0.2) is 0 Å². The first-order chi connectivity index (χ1) is 15.9. The summed E-state index contributed by atoms with van der Waals surface area (Å²) >= 11 is 13.4. The fourth-order valence-electron chi connectivity index (χ4n) is 2.92. The zero-order valence-corrected chi connectivity index (χ0v) is 20.3. The number of thioether (sulfide) groups is 1. The molecule has 0 heterocycles. The Labute approximate surface area is 206 Å². The van der Waals surface area contributed by atoms with Crippen LogP contribution in [0.3, 0.4) is 0 Å². The highest BCUT2D eigenvalue weighted by Gasteiger charge is 2.13. The van der Waals surface area contributed by atoms with E-state index in [0.717, 1.165) is 10.5 Å². The van der Waals surface area contributed by atoms with E-state index in [1.165, 1.54) is 26.0 Å². The van der Waals surface area contributed by atoms with Gasteiger partial charge in [0.1, 0.15) is 11.5 Å². The van der Waals surface area contributed by atoms with Gasteiger partial charge in [0.2, 0.25) is 11.8 Å². The van der Waals surface area contributed by atoms with Crippen LogP contribution in [0.5, 0.6) is 11.5 Å². The van der Waals surface area contributed by atoms with E-state index in [9.17, 15) is 9.59 Å². The Kier molecular flexibility index (Phi) is 8.88. The van der Waals surface area contributed by atoms with Crippen molar-refractivity contribution in [3.63, 3.8) is 0 Å². The zero-order chi connectivity index (χ0) is 23.8. The van der Waals surface area contributed by atoms with Gasteiger partial charge in [0.05, 0.1) is 37.1 Å². The van der Waals surface area contributed by atoms with E-state index in [4.69, 9.17) is 32.7 Å². The molecule has 2 N–H and O–H groups in total. The maximum absolute atomic E-state index is 12.4. The van der Waals surface area contributed by atoms with Crippen molar-refractivity contribution >= 4 is 58.2 Å². The molecule has 0 radical (unpaired) electrons. The Bertz CT molecular complexity index is 1120. The lowest BCUT2D eigenvalue weighted by Crippen LogP contribution is -2.15. The average molecular weight is 505 g/mol. The first-order valence-corrected chi connectivity index (χ1v) is 11.6. The van der Waals surface area contributed by atoms with Crippen LogP contribution in [0.1, 0.15) is 5.56 Å². The van der Waals surface area contributed by atoms with Crippen LogP contribution in [-0.2, 0) is 16.0 Å². The lowest BCUT2D eigenvalue weighted by Gasteiger charge is -2.13. The van der Waals surface area contributed by atoms with Gasteiger partial charge in [0, 0.05) is 21.7 Å². The van der Waals surface area contributed by atoms with E-state index in [1.54, 1.807) is 36.4 Å². The fraction of sp³-hybridized carbons (Fsp3) is 0.167. The van der Waals surface area contributed by atoms with Gasteiger partial charge in [0.25, 0.3) is 0 Å². The van der Waals surface area contributed by atoms with E-state index < -0.39 is 0 Å². The number of methoxy groups -OCH3 is 2. The topological polar surface area (TPSA) is 76.7 Å². The van der Waals surface area contributed by atoms with Crippen molar-refractivity contribution in [2.75, 3.05) is 30.6 Å². The van der Waals surface area contributed by atoms with Crippen molar-refractivity contribution in [3.05, 3.63) is 76.3 Å². The first-order valence-electron chi connectivity index (χ1n) is 9.86. The molecule has 0 bridgehead atoms. The van der Waals surface area contributed by atoms with E-state index in [-0.39, 0.29) is 24.0 Å². The van der Waals surface area contributed by atoms with Gasteiger partial charge in [-0.2, -0.15) is 0 Å². The van der Waals surface area contributed by atoms with Crippen LogP contribution >= 0.6 is 35.0 Å². The SMILES string of the molecule is COc1cc(OC)c(NC(=O)CSc2ccc(NC(=O)Cc3ccc(Cl)cc3)cc2)cc1Cl. The predicted octanol–water partition coefficient (Wildman–Crippen LogP) is 5.92. The van der Waals surface area contributed by atoms with Crippen LogP contribution in [0.15, 0.2) is 65.6 Å². The quantitative estimate of drug-likeness (QED) is 0.353. The normalized spacial score (nSPS) is 10.4. The van der Waals surface area contributed by atoms with E-state index in [0.29, 0.717) is 32.9 Å². The molecular formula is C24H22Cl2N2O4S. The summed E-state index contributed by atoms with van der Waals surface area (Å²) < 4.78 is 10.5. The van der Waals surface area contributed by atoms with Crippen molar-refractivity contribution in [1.82, 2.24) is 0 Å². The van der Waals surface area contributed by atoms with Gasteiger partial charge >= 0.3 is 0 Å². The van der Waals surface area contributed by atoms with E-state index in [2.05, 4.69) is 10.6 Å². The van der Waals surface area contributed by atoms with Crippen LogP contribution in [-0.4, -0.2) is 31.8 Å². The molecule has 3 rings (SSSR count). The van der Waals surface area contributed by atoms with Crippen LogP contribution in [0, 0.1) is 0 Å². The number of carbonyl (C=O) groups is 2. The Morgan fingerprint density at radius 3 is 2.15 bits per heavy atom. The molecule has 2 amide bonds. The molecule has 0 aliphatic carbocycles. The number of benzene rings is 3. The molecule has 33 heavy (non-hydrogen) atoms. The smallest absolute Gasteiger partial charge is 0.234 e. The monoisotopic (exact) mass is 504 g/mol. The molecule has 9 heteroatoms. The number of hydrogen-bond acceptors (Lipinski definition) is 5. The Morgan fingerprint density at radius 1 is 0.848 bits per heavy atom. The molecule has 3 aromatic rings. The van der Waals surface area contributed by atoms with E-state index >= 15 is 0 Å². The summed E-state index contributed by atoms with van der Waals surface area (Å²) in [7, 11) is 3.01. The summed E-state index contributed by atoms with van der Waals surface area (Å²) in [5.41, 5.74) is 2.03. The molecule has 3 aromatic carbocycles. The third-order valence-electron chi connectivity index (χ3n) is 4.53. The molecule has 172 valence electrons. The minimum absolute atomic E-state index is 0.121. The van der Waals surface area contributed by atoms with Gasteiger partial charge in [-0.25, -0.2) is 0 Å². The minimum atomic E-state index is -0.208. The highest BCUT2D eigenvalue weighted by atomic mass is 35.5. The summed E-state index contributed by atoms with van der Waals surface area (Å²) in [6.07, 6.45) is 0.257. The number of amides is 2. The predicted molar refractivity (Wildman–Crippen MR) is 134 cm³/mol. The molecule has 0 atom stereocenters. The first kappa shape index (κ1) is 24.8. The second-order valence-corrected chi connectivity index (χ2v) is 8.79. The van der Waals surface area contributed by atoms with Crippen molar-refractivity contribution in [2.24, 2.45) is 0 Å². The standard InChI is InChI=1S/C24H22Cl2N2O4S/c1-31-21-13-22(32-2)20(12-19(21)26)28-24(30)14-33-18-9-7-17(8-10-18)27-23(29)11-15-3-5-16(25)6-4-15/h3-10,12-13H,11,14H2,1-2H3,(H,27,29)(H,28,30). The summed E-state index contributed by atoms with van der Waals surface area (Å²) in [4.78, 5) is 25.5. The molecule has 0 spiro atoms. The number of nitrogens with one attached hydrogen (secondary N) is 2. The number of anilines is 2. The van der Waals surface area contributed by atoms with Gasteiger partial charge < -0.3 is 20.1 Å². The third kappa shape index (κ3) is 7.32. The Hall–Kier alpha value is -2.87. The number of ether oxygens (including phenoxy) is 2. The van der Waals surface area contributed by atoms with Gasteiger partial charge in [-0.1, -0.05) is 35.3 Å². The second-order valence-electron chi connectivity index (χ2n) is 6.90. The van der Waals surface area contributed by atoms with Gasteiger partial charge in [-0.15, -0.1) is 11.8 Å². The lowest BCUT2D eigenvalue weighted by molar-refractivity contribution is -0.115. The molecule has 0 fully saturated rings. The van der Waals surface area contributed by atoms with E-state index in [1.807, 2.05) is 24.3 Å². The number of rotatable bonds is 9. The van der Waals surface area contributed by atoms with Crippen molar-refractivity contribution < 1.29 is 19.1 Å². The maximum atomic E-state index is 12.4. The summed E-state index contributed by atoms with van der Waals surface area (Å²) in [5.74, 6) is 0.772. The molecule has 0 aromatic heterocycles. The minimum Gasteiger partial charge on any atom is -0.495 e. The molecule has 6 nitrogen and oxygen atoms in total. The highest BCUT2D eigenvalue weighted by molar-refractivity contribution is 8.00. The molecule has 0 unspecified atom stereocenters.